The van der Waals surface area contributed by atoms with E-state index in [0.717, 1.165) is 24.8 Å². The van der Waals surface area contributed by atoms with E-state index in [9.17, 15) is 33.7 Å². The normalized spacial score (nSPS) is 18.8. The van der Waals surface area contributed by atoms with E-state index in [0.29, 0.717) is 11.1 Å². The Morgan fingerprint density at radius 2 is 0.625 bits per heavy atom. The summed E-state index contributed by atoms with van der Waals surface area (Å²) in [6, 6.07) is 11.3. The van der Waals surface area contributed by atoms with Crippen molar-refractivity contribution in [1.82, 2.24) is 19.9 Å². The molecule has 8 bridgehead atoms. The summed E-state index contributed by atoms with van der Waals surface area (Å²) in [6.07, 6.45) is 1.74. The first-order chi connectivity index (χ1) is 21.9. The Balaban J connectivity index is 1.76. The summed E-state index contributed by atoms with van der Waals surface area (Å²) in [4.78, 5) is 15.5. The van der Waals surface area contributed by atoms with Crippen molar-refractivity contribution in [1.29, 1.82) is 0 Å². The van der Waals surface area contributed by atoms with E-state index in [1.165, 1.54) is 12.1 Å². The number of nitrogens with zero attached hydrogens (tertiary/aromatic N) is 4. The Labute approximate surface area is 281 Å². The molecule has 0 atom stereocenters. The van der Waals surface area contributed by atoms with Crippen molar-refractivity contribution in [3.63, 3.8) is 0 Å². The van der Waals surface area contributed by atoms with E-state index in [4.69, 9.17) is 0 Å². The molecule has 4 aromatic rings. The number of sulfone groups is 4. The van der Waals surface area contributed by atoms with E-state index < -0.39 is 93.3 Å². The second-order valence-electron chi connectivity index (χ2n) is 14.0. The zero-order chi connectivity index (χ0) is 35.5. The van der Waals surface area contributed by atoms with Crippen LogP contribution in [0.2, 0.25) is 0 Å². The average molecular weight is 733 g/mol. The van der Waals surface area contributed by atoms with Gasteiger partial charge in [0.25, 0.3) is 0 Å². The lowest BCUT2D eigenvalue weighted by molar-refractivity contribution is 0.581. The van der Waals surface area contributed by atoms with Gasteiger partial charge in [-0.15, -0.1) is 0 Å². The summed E-state index contributed by atoms with van der Waals surface area (Å²) >= 11 is 0. The molecule has 2 aromatic carbocycles. The second kappa shape index (κ2) is 12.1. The fourth-order valence-corrected chi connectivity index (χ4v) is 10.4. The molecule has 0 aliphatic carbocycles. The van der Waals surface area contributed by atoms with Crippen molar-refractivity contribution < 1.29 is 33.7 Å². The molecule has 12 nitrogen and oxygen atoms in total. The Morgan fingerprint density at radius 1 is 0.396 bits per heavy atom. The lowest BCUT2D eigenvalue weighted by Gasteiger charge is -2.22. The molecule has 0 saturated heterocycles. The number of hydrogen-bond donors (Lipinski definition) is 0. The Bertz CT molecular complexity index is 2070. The number of hydrogen-bond acceptors (Lipinski definition) is 12. The number of fused-ring (bicyclic) bond motifs is 8. The first-order valence-corrected chi connectivity index (χ1v) is 21.4. The van der Waals surface area contributed by atoms with Crippen molar-refractivity contribution in [2.45, 2.75) is 95.5 Å². The molecule has 1 aliphatic heterocycles. The number of aromatic nitrogens is 4. The molecule has 0 unspecified atom stereocenters. The largest absolute Gasteiger partial charge is 0.225 e. The summed E-state index contributed by atoms with van der Waals surface area (Å²) < 4.78 is 109. The van der Waals surface area contributed by atoms with Gasteiger partial charge in [0.15, 0.2) is 59.5 Å². The predicted molar refractivity (Wildman–Crippen MR) is 178 cm³/mol. The van der Waals surface area contributed by atoms with Crippen molar-refractivity contribution in [2.24, 2.45) is 0 Å². The fourth-order valence-electron chi connectivity index (χ4n) is 5.22. The SMILES string of the molecule is CC(C)(C)c1cc2cc(c1)CS(=O)(=O)c1cc(ncn1)S(=O)(=O)Cc1cc(cc(C(C)(C)C)c1)CS(=O)(=O)c1cc(ncn1)S(=O)(=O)C2. The third-order valence-corrected chi connectivity index (χ3v) is 14.1. The highest BCUT2D eigenvalue weighted by Crippen LogP contribution is 2.31. The Kier molecular flexibility index (Phi) is 8.98. The highest BCUT2D eigenvalue weighted by atomic mass is 32.2. The molecule has 3 heterocycles. The molecular formula is C32H36N4O8S4. The van der Waals surface area contributed by atoms with Gasteiger partial charge in [-0.2, -0.15) is 0 Å². The van der Waals surface area contributed by atoms with Crippen LogP contribution in [0.5, 0.6) is 0 Å². The van der Waals surface area contributed by atoms with Crippen LogP contribution >= 0.6 is 0 Å². The van der Waals surface area contributed by atoms with E-state index in [1.54, 1.807) is 24.3 Å². The molecule has 0 spiro atoms. The molecule has 256 valence electrons. The lowest BCUT2D eigenvalue weighted by atomic mass is 9.85. The quantitative estimate of drug-likeness (QED) is 0.236. The van der Waals surface area contributed by atoms with Gasteiger partial charge in [-0.3, -0.25) is 0 Å². The predicted octanol–water partition coefficient (Wildman–Crippen LogP) is 4.07. The van der Waals surface area contributed by atoms with E-state index in [1.807, 2.05) is 41.5 Å². The molecule has 0 radical (unpaired) electrons. The minimum atomic E-state index is -4.24. The lowest BCUT2D eigenvalue weighted by Crippen LogP contribution is -2.17. The van der Waals surface area contributed by atoms with E-state index in [2.05, 4.69) is 19.9 Å². The van der Waals surface area contributed by atoms with Crippen LogP contribution in [0.1, 0.15) is 74.9 Å². The first kappa shape index (κ1) is 35.7. The van der Waals surface area contributed by atoms with Crippen LogP contribution in [0.15, 0.2) is 81.3 Å². The Hall–Kier alpha value is -3.60. The van der Waals surface area contributed by atoms with Gasteiger partial charge in [0.2, 0.25) is 0 Å². The highest BCUT2D eigenvalue weighted by molar-refractivity contribution is 7.92. The summed E-state index contributed by atoms with van der Waals surface area (Å²) in [5.41, 5.74) is 1.28. The van der Waals surface area contributed by atoms with Crippen LogP contribution in [0.4, 0.5) is 0 Å². The van der Waals surface area contributed by atoms with Crippen LogP contribution in [0.25, 0.3) is 0 Å². The molecule has 48 heavy (non-hydrogen) atoms. The molecule has 1 aliphatic rings. The number of rotatable bonds is 0. The van der Waals surface area contributed by atoms with Crippen LogP contribution in [0, 0.1) is 0 Å². The molecule has 0 saturated carbocycles. The van der Waals surface area contributed by atoms with Gasteiger partial charge in [0.1, 0.15) is 12.7 Å². The molecule has 0 fully saturated rings. The summed E-state index contributed by atoms with van der Waals surface area (Å²) in [7, 11) is -17.0. The second-order valence-corrected chi connectivity index (χ2v) is 21.7. The minimum Gasteiger partial charge on any atom is -0.225 e. The van der Waals surface area contributed by atoms with Gasteiger partial charge in [-0.25, -0.2) is 53.6 Å². The van der Waals surface area contributed by atoms with Crippen LogP contribution in [-0.2, 0) is 73.2 Å². The van der Waals surface area contributed by atoms with Crippen LogP contribution in [-0.4, -0.2) is 53.6 Å². The standard InChI is InChI=1S/C32H36N4O8S4/c1-31(2,3)25-9-21-7-22(10-25)16-46(39,40)28-14-30(36-20-34-28)48(43,44)18-24-8-23(11-26(12-24)32(4,5)6)17-47(41,42)29-13-27(33-19-35-29)45(37,38)15-21/h7-14,19-20H,15-18H2,1-6H3. The van der Waals surface area contributed by atoms with Crippen molar-refractivity contribution >= 4 is 39.3 Å². The maximum absolute atomic E-state index is 13.6. The van der Waals surface area contributed by atoms with Crippen molar-refractivity contribution in [2.75, 3.05) is 0 Å². The van der Waals surface area contributed by atoms with Crippen LogP contribution < -0.4 is 0 Å². The maximum Gasteiger partial charge on any atom is 0.199 e. The summed E-state index contributed by atoms with van der Waals surface area (Å²) in [5, 5.41) is -2.04. The van der Waals surface area contributed by atoms with Gasteiger partial charge >= 0.3 is 0 Å². The molecule has 0 amide bonds. The van der Waals surface area contributed by atoms with Crippen molar-refractivity contribution in [3.05, 3.63) is 94.6 Å². The summed E-state index contributed by atoms with van der Waals surface area (Å²) in [5.74, 6) is -2.42. The molecule has 5 rings (SSSR count). The molecular weight excluding hydrogens is 697 g/mol. The van der Waals surface area contributed by atoms with Gasteiger partial charge in [0, 0.05) is 12.1 Å². The van der Waals surface area contributed by atoms with Gasteiger partial charge in [0.05, 0.1) is 23.0 Å². The smallest absolute Gasteiger partial charge is 0.199 e. The molecule has 16 heteroatoms. The van der Waals surface area contributed by atoms with Crippen molar-refractivity contribution in [3.8, 4) is 0 Å². The zero-order valence-electron chi connectivity index (χ0n) is 27.3. The third-order valence-electron chi connectivity index (χ3n) is 7.77. The van der Waals surface area contributed by atoms with Gasteiger partial charge in [-0.1, -0.05) is 77.9 Å². The summed E-state index contributed by atoms with van der Waals surface area (Å²) in [6.45, 7) is 11.3. The minimum absolute atomic E-state index is 0.252. The maximum atomic E-state index is 13.6. The third kappa shape index (κ3) is 7.82. The average Bonchev–Trinajstić information content (AvgIpc) is 2.95. The monoisotopic (exact) mass is 732 g/mol. The van der Waals surface area contributed by atoms with Crippen LogP contribution in [0.3, 0.4) is 0 Å². The molecule has 0 N–H and O–H groups in total. The Morgan fingerprint density at radius 3 is 0.833 bits per heavy atom. The highest BCUT2D eigenvalue weighted by Gasteiger charge is 2.29. The topological polar surface area (TPSA) is 188 Å². The fraction of sp³-hybridized carbons (Fsp3) is 0.375. The van der Waals surface area contributed by atoms with E-state index in [-0.39, 0.29) is 22.3 Å². The zero-order valence-corrected chi connectivity index (χ0v) is 30.6. The van der Waals surface area contributed by atoms with E-state index >= 15 is 0 Å². The molecule has 2 aromatic heterocycles. The van der Waals surface area contributed by atoms with Gasteiger partial charge in [-0.05, 0) is 44.2 Å². The first-order valence-electron chi connectivity index (χ1n) is 14.8. The number of benzene rings is 2. The van der Waals surface area contributed by atoms with Gasteiger partial charge < -0.3 is 0 Å².